The van der Waals surface area contributed by atoms with E-state index in [1.807, 2.05) is 0 Å². The third kappa shape index (κ3) is 18.3. The number of rotatable bonds is 27. The molecule has 1 heterocycles. The van der Waals surface area contributed by atoms with Crippen molar-refractivity contribution >= 4 is 0 Å². The van der Waals surface area contributed by atoms with Crippen molar-refractivity contribution in [3.05, 3.63) is 12.4 Å². The van der Waals surface area contributed by atoms with Crippen molar-refractivity contribution < 1.29 is 0 Å². The number of unbranched alkanes of at least 4 members (excludes halogenated alkanes) is 22. The molecule has 1 unspecified atom stereocenters. The summed E-state index contributed by atoms with van der Waals surface area (Å²) in [5, 5.41) is 0. The van der Waals surface area contributed by atoms with E-state index in [9.17, 15) is 0 Å². The first kappa shape index (κ1) is 32.4. The zero-order chi connectivity index (χ0) is 25.2. The normalized spacial score (nSPS) is 15.6. The van der Waals surface area contributed by atoms with Gasteiger partial charge >= 0.3 is 0 Å². The highest BCUT2D eigenvalue weighted by atomic mass is 15.4. The first-order valence-electron chi connectivity index (χ1n) is 16.5. The molecular formula is C33H66N2. The molecule has 0 N–H and O–H groups in total. The molecule has 1 aliphatic heterocycles. The molecular weight excluding hydrogens is 424 g/mol. The summed E-state index contributed by atoms with van der Waals surface area (Å²) in [5.41, 5.74) is 0. The van der Waals surface area contributed by atoms with Crippen LogP contribution in [0, 0.1) is 0 Å². The quantitative estimate of drug-likeness (QED) is 0.106. The molecule has 0 bridgehead atoms. The molecule has 0 aromatic heterocycles. The van der Waals surface area contributed by atoms with Crippen LogP contribution < -0.4 is 0 Å². The zero-order valence-corrected chi connectivity index (χ0v) is 24.7. The molecule has 0 amide bonds. The van der Waals surface area contributed by atoms with Crippen LogP contribution in [0.25, 0.3) is 0 Å². The Bertz CT molecular complexity index is 446. The maximum atomic E-state index is 2.62. The summed E-state index contributed by atoms with van der Waals surface area (Å²) in [6.45, 7) is 9.47. The van der Waals surface area contributed by atoms with Crippen molar-refractivity contribution in [3.8, 4) is 0 Å². The second-order valence-electron chi connectivity index (χ2n) is 11.4. The van der Waals surface area contributed by atoms with E-state index < -0.39 is 0 Å². The average molecular weight is 491 g/mol. The van der Waals surface area contributed by atoms with Gasteiger partial charge in [-0.2, -0.15) is 0 Å². The Hall–Kier alpha value is -0.660. The molecule has 1 atom stereocenters. The third-order valence-corrected chi connectivity index (χ3v) is 8.12. The fourth-order valence-corrected chi connectivity index (χ4v) is 5.75. The van der Waals surface area contributed by atoms with E-state index in [1.165, 1.54) is 174 Å². The largest absolute Gasteiger partial charge is 0.356 e. The van der Waals surface area contributed by atoms with Crippen molar-refractivity contribution in [2.24, 2.45) is 0 Å². The molecule has 2 heteroatoms. The molecule has 2 nitrogen and oxygen atoms in total. The molecule has 1 rings (SSSR count). The van der Waals surface area contributed by atoms with Gasteiger partial charge in [-0.15, -0.1) is 0 Å². The Kier molecular flexibility index (Phi) is 23.1. The van der Waals surface area contributed by atoms with E-state index in [-0.39, 0.29) is 0 Å². The van der Waals surface area contributed by atoms with Gasteiger partial charge in [0.15, 0.2) is 0 Å². The van der Waals surface area contributed by atoms with Crippen molar-refractivity contribution in [3.63, 3.8) is 0 Å². The number of hydrogen-bond donors (Lipinski definition) is 0. The number of hydrogen-bond acceptors (Lipinski definition) is 2. The molecule has 0 spiro atoms. The van der Waals surface area contributed by atoms with Crippen LogP contribution in [-0.2, 0) is 0 Å². The van der Waals surface area contributed by atoms with E-state index >= 15 is 0 Å². The van der Waals surface area contributed by atoms with Gasteiger partial charge in [-0.25, -0.2) is 0 Å². The van der Waals surface area contributed by atoms with E-state index in [4.69, 9.17) is 0 Å². The van der Waals surface area contributed by atoms with Gasteiger partial charge in [-0.05, 0) is 19.3 Å². The lowest BCUT2D eigenvalue weighted by molar-refractivity contribution is 0.144. The van der Waals surface area contributed by atoms with E-state index in [0.717, 1.165) is 0 Å². The highest BCUT2D eigenvalue weighted by molar-refractivity contribution is 4.96. The van der Waals surface area contributed by atoms with Gasteiger partial charge in [0, 0.05) is 25.5 Å². The standard InChI is InChI=1S/C33H66N2/c1-4-7-9-11-13-15-16-17-18-19-20-22-24-26-28-30-35-32-31-34(33(35)6-3)29-27-25-23-21-14-12-10-8-5-2/h31-33H,4-30H2,1-3H3. The van der Waals surface area contributed by atoms with Crippen molar-refractivity contribution in [1.82, 2.24) is 9.80 Å². The molecule has 208 valence electrons. The van der Waals surface area contributed by atoms with Gasteiger partial charge in [0.05, 0.1) is 0 Å². The van der Waals surface area contributed by atoms with Crippen LogP contribution in [0.2, 0.25) is 0 Å². The molecule has 0 saturated carbocycles. The minimum absolute atomic E-state index is 0.621. The summed E-state index contributed by atoms with van der Waals surface area (Å²) in [7, 11) is 0. The fraction of sp³-hybridized carbons (Fsp3) is 0.939. The van der Waals surface area contributed by atoms with Crippen LogP contribution in [0.4, 0.5) is 0 Å². The summed E-state index contributed by atoms with van der Waals surface area (Å²) in [4.78, 5) is 5.24. The van der Waals surface area contributed by atoms with Crippen molar-refractivity contribution in [2.45, 2.75) is 187 Å². The first-order chi connectivity index (χ1) is 17.3. The molecule has 0 saturated heterocycles. The molecule has 0 aromatic rings. The second kappa shape index (κ2) is 25.0. The molecule has 0 aromatic carbocycles. The molecule has 0 radical (unpaired) electrons. The van der Waals surface area contributed by atoms with Gasteiger partial charge in [-0.1, -0.05) is 162 Å². The van der Waals surface area contributed by atoms with Crippen LogP contribution in [-0.4, -0.2) is 29.1 Å². The van der Waals surface area contributed by atoms with Gasteiger partial charge in [0.1, 0.15) is 6.17 Å². The van der Waals surface area contributed by atoms with Crippen LogP contribution in [0.3, 0.4) is 0 Å². The highest BCUT2D eigenvalue weighted by Crippen LogP contribution is 2.21. The van der Waals surface area contributed by atoms with Gasteiger partial charge < -0.3 is 9.80 Å². The molecule has 1 aliphatic rings. The summed E-state index contributed by atoms with van der Waals surface area (Å²) >= 11 is 0. The summed E-state index contributed by atoms with van der Waals surface area (Å²) in [6, 6.07) is 0. The fourth-order valence-electron chi connectivity index (χ4n) is 5.75. The SMILES string of the molecule is CCCCCCCCCCCCCCCCCN1C=CN(CCCCCCCCCCC)C1CC. The van der Waals surface area contributed by atoms with Crippen molar-refractivity contribution in [2.75, 3.05) is 13.1 Å². The van der Waals surface area contributed by atoms with Crippen LogP contribution >= 0.6 is 0 Å². The summed E-state index contributed by atoms with van der Waals surface area (Å²) < 4.78 is 0. The maximum Gasteiger partial charge on any atom is 0.100 e. The first-order valence-corrected chi connectivity index (χ1v) is 16.5. The Morgan fingerprint density at radius 3 is 0.886 bits per heavy atom. The van der Waals surface area contributed by atoms with Gasteiger partial charge in [0.2, 0.25) is 0 Å². The predicted molar refractivity (Wildman–Crippen MR) is 159 cm³/mol. The van der Waals surface area contributed by atoms with Crippen LogP contribution in [0.15, 0.2) is 12.4 Å². The Labute approximate surface area is 222 Å². The average Bonchev–Trinajstić information content (AvgIpc) is 3.26. The topological polar surface area (TPSA) is 6.48 Å². The number of nitrogens with zero attached hydrogens (tertiary/aromatic N) is 2. The lowest BCUT2D eigenvalue weighted by Gasteiger charge is -2.32. The third-order valence-electron chi connectivity index (χ3n) is 8.12. The smallest absolute Gasteiger partial charge is 0.100 e. The lowest BCUT2D eigenvalue weighted by Crippen LogP contribution is -2.38. The second-order valence-corrected chi connectivity index (χ2v) is 11.4. The van der Waals surface area contributed by atoms with E-state index in [0.29, 0.717) is 6.17 Å². The molecule has 0 aliphatic carbocycles. The van der Waals surface area contributed by atoms with E-state index in [1.54, 1.807) is 0 Å². The molecule has 35 heavy (non-hydrogen) atoms. The minimum atomic E-state index is 0.621. The Morgan fingerprint density at radius 2 is 0.629 bits per heavy atom. The Balaban J connectivity index is 1.90. The zero-order valence-electron chi connectivity index (χ0n) is 24.7. The monoisotopic (exact) mass is 491 g/mol. The lowest BCUT2D eigenvalue weighted by atomic mass is 10.0. The highest BCUT2D eigenvalue weighted by Gasteiger charge is 2.23. The van der Waals surface area contributed by atoms with E-state index in [2.05, 4.69) is 43.0 Å². The van der Waals surface area contributed by atoms with Gasteiger partial charge in [-0.3, -0.25) is 0 Å². The maximum absolute atomic E-state index is 2.62. The predicted octanol–water partition coefficient (Wildman–Crippen LogP) is 11.2. The van der Waals surface area contributed by atoms with Gasteiger partial charge in [0.25, 0.3) is 0 Å². The van der Waals surface area contributed by atoms with Crippen LogP contribution in [0.1, 0.15) is 181 Å². The van der Waals surface area contributed by atoms with Crippen molar-refractivity contribution in [1.29, 1.82) is 0 Å². The molecule has 0 fully saturated rings. The summed E-state index contributed by atoms with van der Waals surface area (Å²) in [5.74, 6) is 0. The Morgan fingerprint density at radius 1 is 0.371 bits per heavy atom. The minimum Gasteiger partial charge on any atom is -0.356 e. The van der Waals surface area contributed by atoms with Crippen LogP contribution in [0.5, 0.6) is 0 Å². The summed E-state index contributed by atoms with van der Waals surface area (Å²) in [6.07, 6.45) is 41.1.